The smallest absolute Gasteiger partial charge is 0.466 e. The standard InChI is InChI=1S/C26H31F4NO7S/c1-8-36-21(32)13-19(31-24(33)37-25(5,6)7)18-12-17(11-16(4)23(18)27)22-15(3)9-14(2)10-20(22)38-39(34,35)26(28,29)30/h9-12,19H,8,13H2,1-7H3,(H,31,33)/t19-/m0/s1. The van der Waals surface area contributed by atoms with Crippen LogP contribution in [0.3, 0.4) is 0 Å². The Morgan fingerprint density at radius 3 is 2.15 bits per heavy atom. The van der Waals surface area contributed by atoms with Crippen molar-refractivity contribution in [3.63, 3.8) is 0 Å². The van der Waals surface area contributed by atoms with Gasteiger partial charge in [-0.2, -0.15) is 21.6 Å². The van der Waals surface area contributed by atoms with Gasteiger partial charge in [-0.15, -0.1) is 0 Å². The van der Waals surface area contributed by atoms with Gasteiger partial charge >= 0.3 is 27.7 Å². The lowest BCUT2D eigenvalue weighted by Crippen LogP contribution is -2.36. The highest BCUT2D eigenvalue weighted by atomic mass is 32.2. The molecule has 0 fully saturated rings. The minimum Gasteiger partial charge on any atom is -0.466 e. The summed E-state index contributed by atoms with van der Waals surface area (Å²) in [6.45, 7) is 10.8. The second-order valence-electron chi connectivity index (χ2n) is 9.84. The summed E-state index contributed by atoms with van der Waals surface area (Å²) in [5.41, 5.74) is -6.01. The summed E-state index contributed by atoms with van der Waals surface area (Å²) in [5, 5.41) is 2.44. The Morgan fingerprint density at radius 2 is 1.62 bits per heavy atom. The second kappa shape index (κ2) is 11.8. The van der Waals surface area contributed by atoms with E-state index in [0.717, 1.165) is 6.07 Å². The first-order valence-corrected chi connectivity index (χ1v) is 13.2. The number of carbonyl (C=O) groups excluding carboxylic acids is 2. The minimum atomic E-state index is -6.02. The van der Waals surface area contributed by atoms with E-state index in [1.165, 1.54) is 32.9 Å². The Morgan fingerprint density at radius 1 is 1.00 bits per heavy atom. The van der Waals surface area contributed by atoms with Gasteiger partial charge in [0.05, 0.1) is 19.1 Å². The van der Waals surface area contributed by atoms with Gasteiger partial charge in [0.1, 0.15) is 11.4 Å². The number of carbonyl (C=O) groups is 2. The fraction of sp³-hybridized carbons (Fsp3) is 0.462. The molecule has 0 saturated carbocycles. The molecule has 0 aliphatic rings. The molecule has 8 nitrogen and oxygen atoms in total. The normalized spacial score (nSPS) is 13.0. The lowest BCUT2D eigenvalue weighted by molar-refractivity contribution is -0.143. The first kappa shape index (κ1) is 31.9. The summed E-state index contributed by atoms with van der Waals surface area (Å²) >= 11 is 0. The maximum absolute atomic E-state index is 15.4. The van der Waals surface area contributed by atoms with Gasteiger partial charge < -0.3 is 19.0 Å². The summed E-state index contributed by atoms with van der Waals surface area (Å²) in [6, 6.07) is 3.88. The summed E-state index contributed by atoms with van der Waals surface area (Å²) < 4.78 is 93.1. The van der Waals surface area contributed by atoms with Crippen LogP contribution in [0, 0.1) is 26.6 Å². The molecule has 2 aromatic rings. The number of amides is 1. The molecule has 1 atom stereocenters. The summed E-state index contributed by atoms with van der Waals surface area (Å²) in [5.74, 6) is -2.18. The first-order valence-electron chi connectivity index (χ1n) is 11.8. The van der Waals surface area contributed by atoms with Crippen molar-refractivity contribution in [1.82, 2.24) is 5.32 Å². The van der Waals surface area contributed by atoms with Crippen molar-refractivity contribution in [2.75, 3.05) is 6.61 Å². The number of hydrogen-bond donors (Lipinski definition) is 1. The van der Waals surface area contributed by atoms with E-state index in [9.17, 15) is 31.2 Å². The molecule has 0 aromatic heterocycles. The predicted octanol–water partition coefficient (Wildman–Crippen LogP) is 6.17. The molecule has 0 spiro atoms. The van der Waals surface area contributed by atoms with Crippen molar-refractivity contribution in [2.24, 2.45) is 0 Å². The highest BCUT2D eigenvalue weighted by Gasteiger charge is 2.49. The third-order valence-electron chi connectivity index (χ3n) is 5.24. The van der Waals surface area contributed by atoms with Gasteiger partial charge in [-0.25, -0.2) is 9.18 Å². The number of alkyl halides is 3. The van der Waals surface area contributed by atoms with E-state index in [-0.39, 0.29) is 28.9 Å². The van der Waals surface area contributed by atoms with Crippen molar-refractivity contribution in [3.05, 3.63) is 52.3 Å². The maximum atomic E-state index is 15.4. The van der Waals surface area contributed by atoms with Crippen LogP contribution in [0.1, 0.15) is 62.4 Å². The third kappa shape index (κ3) is 8.32. The van der Waals surface area contributed by atoms with Crippen LogP contribution in [-0.2, 0) is 24.4 Å². The molecule has 216 valence electrons. The van der Waals surface area contributed by atoms with Crippen molar-refractivity contribution in [1.29, 1.82) is 0 Å². The van der Waals surface area contributed by atoms with E-state index in [1.807, 2.05) is 0 Å². The fourth-order valence-corrected chi connectivity index (χ4v) is 4.26. The van der Waals surface area contributed by atoms with Gasteiger partial charge in [-0.3, -0.25) is 4.79 Å². The van der Waals surface area contributed by atoms with Crippen LogP contribution in [0.25, 0.3) is 11.1 Å². The number of ether oxygens (including phenoxy) is 2. The fourth-order valence-electron chi connectivity index (χ4n) is 3.80. The molecule has 0 heterocycles. The zero-order valence-corrected chi connectivity index (χ0v) is 23.4. The van der Waals surface area contributed by atoms with Crippen molar-refractivity contribution >= 4 is 22.2 Å². The molecule has 0 saturated heterocycles. The monoisotopic (exact) mass is 577 g/mol. The highest BCUT2D eigenvalue weighted by Crippen LogP contribution is 2.40. The molecular weight excluding hydrogens is 546 g/mol. The Balaban J connectivity index is 2.73. The van der Waals surface area contributed by atoms with Gasteiger partial charge in [0.15, 0.2) is 5.75 Å². The molecule has 0 aliphatic heterocycles. The van der Waals surface area contributed by atoms with Crippen molar-refractivity contribution in [3.8, 4) is 16.9 Å². The molecule has 1 N–H and O–H groups in total. The number of esters is 1. The van der Waals surface area contributed by atoms with Gasteiger partial charge in [0, 0.05) is 11.1 Å². The van der Waals surface area contributed by atoms with Crippen LogP contribution < -0.4 is 9.50 Å². The van der Waals surface area contributed by atoms with Gasteiger partial charge in [-0.1, -0.05) is 6.07 Å². The highest BCUT2D eigenvalue weighted by molar-refractivity contribution is 7.88. The summed E-state index contributed by atoms with van der Waals surface area (Å²) in [7, 11) is -6.02. The van der Waals surface area contributed by atoms with Crippen LogP contribution in [0.15, 0.2) is 24.3 Å². The molecule has 13 heteroatoms. The van der Waals surface area contributed by atoms with E-state index in [1.54, 1.807) is 33.8 Å². The van der Waals surface area contributed by atoms with Crippen molar-refractivity contribution < 1.29 is 49.2 Å². The van der Waals surface area contributed by atoms with Crippen LogP contribution in [0.2, 0.25) is 0 Å². The molecule has 2 aromatic carbocycles. The zero-order valence-electron chi connectivity index (χ0n) is 22.6. The molecule has 0 aliphatic carbocycles. The summed E-state index contributed by atoms with van der Waals surface area (Å²) in [4.78, 5) is 24.8. The molecular formula is C26H31F4NO7S. The molecule has 0 bridgehead atoms. The topological polar surface area (TPSA) is 108 Å². The maximum Gasteiger partial charge on any atom is 0.534 e. The number of aryl methyl sites for hydroxylation is 3. The van der Waals surface area contributed by atoms with Gasteiger partial charge in [-0.05, 0) is 88.9 Å². The molecule has 0 unspecified atom stereocenters. The summed E-state index contributed by atoms with van der Waals surface area (Å²) in [6.07, 6.45) is -1.45. The van der Waals surface area contributed by atoms with E-state index >= 15 is 4.39 Å². The number of rotatable bonds is 8. The zero-order chi connectivity index (χ0) is 29.9. The van der Waals surface area contributed by atoms with Gasteiger partial charge in [0.25, 0.3) is 0 Å². The number of alkyl carbamates (subject to hydrolysis) is 1. The van der Waals surface area contributed by atoms with Crippen molar-refractivity contribution in [2.45, 2.75) is 72.0 Å². The molecule has 39 heavy (non-hydrogen) atoms. The van der Waals surface area contributed by atoms with Crippen LogP contribution in [0.5, 0.6) is 5.75 Å². The second-order valence-corrected chi connectivity index (χ2v) is 11.4. The minimum absolute atomic E-state index is 0.00644. The number of hydrogen-bond acceptors (Lipinski definition) is 7. The number of benzene rings is 2. The average Bonchev–Trinajstić information content (AvgIpc) is 2.72. The number of halogens is 4. The lowest BCUT2D eigenvalue weighted by Gasteiger charge is -2.25. The quantitative estimate of drug-likeness (QED) is 0.173. The Labute approximate surface area is 224 Å². The largest absolute Gasteiger partial charge is 0.534 e. The van der Waals surface area contributed by atoms with Gasteiger partial charge in [0.2, 0.25) is 0 Å². The first-order chi connectivity index (χ1) is 17.8. The van der Waals surface area contributed by atoms with Crippen LogP contribution >= 0.6 is 0 Å². The van der Waals surface area contributed by atoms with E-state index in [0.29, 0.717) is 11.1 Å². The Kier molecular flexibility index (Phi) is 9.65. The van der Waals surface area contributed by atoms with E-state index in [4.69, 9.17) is 9.47 Å². The lowest BCUT2D eigenvalue weighted by atomic mass is 9.91. The Bertz CT molecular complexity index is 1350. The number of nitrogens with one attached hydrogen (secondary N) is 1. The van der Waals surface area contributed by atoms with E-state index < -0.39 is 57.3 Å². The molecule has 0 radical (unpaired) electrons. The van der Waals surface area contributed by atoms with Crippen LogP contribution in [-0.4, -0.2) is 38.2 Å². The third-order valence-corrected chi connectivity index (χ3v) is 6.21. The SMILES string of the molecule is CCOC(=O)C[C@H](NC(=O)OC(C)(C)C)c1cc(-c2c(C)cc(C)cc2OS(=O)(=O)C(F)(F)F)cc(C)c1F. The Hall–Kier alpha value is -3.35. The molecule has 1 amide bonds. The molecule has 2 rings (SSSR count). The average molecular weight is 578 g/mol. The predicted molar refractivity (Wildman–Crippen MR) is 135 cm³/mol. The van der Waals surface area contributed by atoms with Crippen LogP contribution in [0.4, 0.5) is 22.4 Å². The van der Waals surface area contributed by atoms with E-state index in [2.05, 4.69) is 9.50 Å².